The van der Waals surface area contributed by atoms with Crippen LogP contribution < -0.4 is 10.6 Å². The molecule has 0 unspecified atom stereocenters. The van der Waals surface area contributed by atoms with Gasteiger partial charge in [-0.2, -0.15) is 0 Å². The highest BCUT2D eigenvalue weighted by Gasteiger charge is 2.19. The average Bonchev–Trinajstić information content (AvgIpc) is 2.56. The Hall–Kier alpha value is -2.33. The van der Waals surface area contributed by atoms with Gasteiger partial charge in [-0.05, 0) is 6.08 Å². The van der Waals surface area contributed by atoms with Gasteiger partial charge < -0.3 is 34.3 Å². The Balaban J connectivity index is 1.96. The zero-order valence-electron chi connectivity index (χ0n) is 12.6. The zero-order chi connectivity index (χ0) is 16.9. The predicted molar refractivity (Wildman–Crippen MR) is 75.5 cm³/mol. The summed E-state index contributed by atoms with van der Waals surface area (Å²) in [7, 11) is 0. The Labute approximate surface area is 133 Å². The minimum absolute atomic E-state index is 0.00991. The second kappa shape index (κ2) is 11.3. The topological polar surface area (TPSA) is 121 Å². The second-order valence-corrected chi connectivity index (χ2v) is 4.26. The van der Waals surface area contributed by atoms with Crippen LogP contribution in [0.2, 0.25) is 0 Å². The fraction of sp³-hybridized carbons (Fsp3) is 0.615. The van der Waals surface area contributed by atoms with Crippen LogP contribution in [0.4, 0.5) is 9.59 Å². The molecule has 0 aliphatic carbocycles. The molecule has 10 nitrogen and oxygen atoms in total. The van der Waals surface area contributed by atoms with Crippen molar-refractivity contribution in [3.63, 3.8) is 0 Å². The maximum atomic E-state index is 11.3. The molecule has 0 bridgehead atoms. The first-order valence-electron chi connectivity index (χ1n) is 6.91. The fourth-order valence-corrected chi connectivity index (χ4v) is 1.43. The number of alkyl carbamates (subject to hydrolysis) is 1. The van der Waals surface area contributed by atoms with Crippen molar-refractivity contribution in [3.05, 3.63) is 12.7 Å². The Morgan fingerprint density at radius 3 is 2.43 bits per heavy atom. The Morgan fingerprint density at radius 1 is 1.09 bits per heavy atom. The zero-order valence-corrected chi connectivity index (χ0v) is 12.6. The summed E-state index contributed by atoms with van der Waals surface area (Å²) in [6.45, 7) is 4.13. The van der Waals surface area contributed by atoms with E-state index >= 15 is 0 Å². The first-order chi connectivity index (χ1) is 11.1. The number of hydrogen-bond donors (Lipinski definition) is 2. The molecule has 2 amide bonds. The van der Waals surface area contributed by atoms with Crippen molar-refractivity contribution in [2.75, 3.05) is 46.3 Å². The van der Waals surface area contributed by atoms with Gasteiger partial charge in [-0.1, -0.05) is 6.58 Å². The van der Waals surface area contributed by atoms with Gasteiger partial charge in [0.15, 0.2) is 6.10 Å². The molecule has 0 spiro atoms. The third-order valence-corrected chi connectivity index (χ3v) is 2.45. The quantitative estimate of drug-likeness (QED) is 0.348. The van der Waals surface area contributed by atoms with Gasteiger partial charge in [-0.25, -0.2) is 9.59 Å². The van der Waals surface area contributed by atoms with Crippen molar-refractivity contribution >= 4 is 18.2 Å². The van der Waals surface area contributed by atoms with Crippen LogP contribution in [-0.4, -0.2) is 70.6 Å². The standard InChI is InChI=1S/C13H20N2O8/c1-2-11(16)14-3-5-21-12(17)15-4-6-22-13(18)23-10-7-19-9-20-8-10/h2,10H,1,3-9H2,(H,14,16)(H,15,17). The van der Waals surface area contributed by atoms with Crippen molar-refractivity contribution in [3.8, 4) is 0 Å². The number of ether oxygens (including phenoxy) is 5. The summed E-state index contributed by atoms with van der Waals surface area (Å²) in [5, 5.41) is 4.81. The predicted octanol–water partition coefficient (Wildman–Crippen LogP) is -0.459. The van der Waals surface area contributed by atoms with Gasteiger partial charge in [0.05, 0.1) is 26.3 Å². The van der Waals surface area contributed by atoms with E-state index in [4.69, 9.17) is 23.7 Å². The van der Waals surface area contributed by atoms with Crippen molar-refractivity contribution in [2.24, 2.45) is 0 Å². The van der Waals surface area contributed by atoms with Gasteiger partial charge in [-0.3, -0.25) is 4.79 Å². The van der Waals surface area contributed by atoms with Crippen LogP contribution in [0.5, 0.6) is 0 Å². The molecule has 0 aromatic heterocycles. The number of carbonyl (C=O) groups excluding carboxylic acids is 3. The van der Waals surface area contributed by atoms with E-state index in [0.29, 0.717) is 0 Å². The lowest BCUT2D eigenvalue weighted by atomic mass is 10.4. The lowest BCUT2D eigenvalue weighted by molar-refractivity contribution is -0.157. The molecule has 1 fully saturated rings. The van der Waals surface area contributed by atoms with E-state index in [-0.39, 0.29) is 52.2 Å². The lowest BCUT2D eigenvalue weighted by Crippen LogP contribution is -2.35. The van der Waals surface area contributed by atoms with Crippen LogP contribution in [0, 0.1) is 0 Å². The number of carbonyl (C=O) groups is 3. The molecule has 0 saturated carbocycles. The van der Waals surface area contributed by atoms with Gasteiger partial charge >= 0.3 is 12.2 Å². The smallest absolute Gasteiger partial charge is 0.448 e. The van der Waals surface area contributed by atoms with Crippen LogP contribution in [0.25, 0.3) is 0 Å². The summed E-state index contributed by atoms with van der Waals surface area (Å²) in [5.41, 5.74) is 0. The molecule has 1 heterocycles. The number of amides is 2. The molecular formula is C13H20N2O8. The summed E-state index contributed by atoms with van der Waals surface area (Å²) in [5.74, 6) is -0.352. The normalized spacial score (nSPS) is 14.4. The molecule has 0 aromatic rings. The molecule has 1 aliphatic rings. The monoisotopic (exact) mass is 332 g/mol. The molecule has 2 N–H and O–H groups in total. The van der Waals surface area contributed by atoms with Crippen LogP contribution in [0.3, 0.4) is 0 Å². The minimum Gasteiger partial charge on any atom is -0.448 e. The summed E-state index contributed by atoms with van der Waals surface area (Å²) in [6, 6.07) is 0. The highest BCUT2D eigenvalue weighted by atomic mass is 16.8. The second-order valence-electron chi connectivity index (χ2n) is 4.26. The van der Waals surface area contributed by atoms with E-state index in [1.807, 2.05) is 0 Å². The Kier molecular flexibility index (Phi) is 9.17. The molecule has 1 saturated heterocycles. The highest BCUT2D eigenvalue weighted by Crippen LogP contribution is 2.02. The van der Waals surface area contributed by atoms with Crippen molar-refractivity contribution < 1.29 is 38.1 Å². The van der Waals surface area contributed by atoms with Gasteiger partial charge in [-0.15, -0.1) is 0 Å². The summed E-state index contributed by atoms with van der Waals surface area (Å²) in [6.07, 6.45) is -0.947. The molecule has 1 aliphatic heterocycles. The number of nitrogens with one attached hydrogen (secondary N) is 2. The van der Waals surface area contributed by atoms with Crippen LogP contribution >= 0.6 is 0 Å². The maximum absolute atomic E-state index is 11.3. The molecule has 0 aromatic carbocycles. The molecule has 10 heteroatoms. The van der Waals surface area contributed by atoms with Gasteiger partial charge in [0.1, 0.15) is 20.0 Å². The van der Waals surface area contributed by atoms with Crippen LogP contribution in [-0.2, 0) is 28.5 Å². The first-order valence-corrected chi connectivity index (χ1v) is 6.91. The summed E-state index contributed by atoms with van der Waals surface area (Å²) >= 11 is 0. The van der Waals surface area contributed by atoms with Crippen molar-refractivity contribution in [2.45, 2.75) is 6.10 Å². The largest absolute Gasteiger partial charge is 0.508 e. The van der Waals surface area contributed by atoms with Crippen LogP contribution in [0.15, 0.2) is 12.7 Å². The Morgan fingerprint density at radius 2 is 1.74 bits per heavy atom. The van der Waals surface area contributed by atoms with Crippen molar-refractivity contribution in [1.29, 1.82) is 0 Å². The molecule has 1 rings (SSSR count). The first kappa shape index (κ1) is 18.7. The summed E-state index contributed by atoms with van der Waals surface area (Å²) < 4.78 is 24.3. The molecule has 0 atom stereocenters. The molecule has 130 valence electrons. The van der Waals surface area contributed by atoms with Crippen molar-refractivity contribution in [1.82, 2.24) is 10.6 Å². The summed E-state index contributed by atoms with van der Waals surface area (Å²) in [4.78, 5) is 33.4. The van der Waals surface area contributed by atoms with E-state index in [0.717, 1.165) is 6.08 Å². The molecule has 0 radical (unpaired) electrons. The third-order valence-electron chi connectivity index (χ3n) is 2.45. The number of rotatable bonds is 8. The minimum atomic E-state index is -0.869. The highest BCUT2D eigenvalue weighted by molar-refractivity contribution is 5.86. The van der Waals surface area contributed by atoms with E-state index in [2.05, 4.69) is 17.2 Å². The van der Waals surface area contributed by atoms with E-state index in [1.54, 1.807) is 0 Å². The van der Waals surface area contributed by atoms with E-state index in [9.17, 15) is 14.4 Å². The van der Waals surface area contributed by atoms with E-state index in [1.165, 1.54) is 0 Å². The van der Waals surface area contributed by atoms with Gasteiger partial charge in [0, 0.05) is 0 Å². The lowest BCUT2D eigenvalue weighted by Gasteiger charge is -2.21. The third kappa shape index (κ3) is 9.32. The van der Waals surface area contributed by atoms with Gasteiger partial charge in [0.25, 0.3) is 0 Å². The van der Waals surface area contributed by atoms with Crippen LogP contribution in [0.1, 0.15) is 0 Å². The van der Waals surface area contributed by atoms with E-state index < -0.39 is 18.4 Å². The molecule has 23 heavy (non-hydrogen) atoms. The maximum Gasteiger partial charge on any atom is 0.508 e. The number of hydrogen-bond acceptors (Lipinski definition) is 8. The SMILES string of the molecule is C=CC(=O)NCCOC(=O)NCCOC(=O)OC1COCOC1. The van der Waals surface area contributed by atoms with Gasteiger partial charge in [0.2, 0.25) is 5.91 Å². The Bertz CT molecular complexity index is 409. The average molecular weight is 332 g/mol. The fourth-order valence-electron chi connectivity index (χ4n) is 1.43. The molecular weight excluding hydrogens is 312 g/mol.